The molecule has 2 aromatic heterocycles. The molecule has 4 rings (SSSR count). The Bertz CT molecular complexity index is 946. The van der Waals surface area contributed by atoms with Crippen LogP contribution in [-0.4, -0.2) is 31.3 Å². The summed E-state index contributed by atoms with van der Waals surface area (Å²) in [5, 5.41) is 9.51. The van der Waals surface area contributed by atoms with Crippen molar-refractivity contribution in [1.29, 1.82) is 0 Å². The van der Waals surface area contributed by atoms with E-state index in [2.05, 4.69) is 26.3 Å². The number of carbonyl (C=O) groups is 1. The first-order valence-corrected chi connectivity index (χ1v) is 9.94. The van der Waals surface area contributed by atoms with Crippen LogP contribution >= 0.6 is 11.8 Å². The maximum Gasteiger partial charge on any atom is 0.192 e. The summed E-state index contributed by atoms with van der Waals surface area (Å²) in [5.74, 6) is 1.40. The number of thioether (sulfide) groups is 1. The van der Waals surface area contributed by atoms with Gasteiger partial charge in [-0.3, -0.25) is 14.3 Å². The lowest BCUT2D eigenvalue weighted by molar-refractivity contribution is -0.116. The van der Waals surface area contributed by atoms with Gasteiger partial charge in [0.15, 0.2) is 11.0 Å². The first kappa shape index (κ1) is 17.7. The van der Waals surface area contributed by atoms with E-state index in [-0.39, 0.29) is 5.78 Å². The molecule has 27 heavy (non-hydrogen) atoms. The Hall–Kier alpha value is -2.73. The standard InChI is InChI=1S/C21H20N4OS/c1-2-15-5-7-16(8-6-15)12-19(26)14-27-21-24-23-20(25(21)18-9-10-18)17-4-3-11-22-13-17/h2-8,11,13,18H,1,9-10,12,14H2. The molecular formula is C21H20N4OS. The Balaban J connectivity index is 1.44. The van der Waals surface area contributed by atoms with Crippen LogP contribution in [0, 0.1) is 0 Å². The Morgan fingerprint density at radius 3 is 2.70 bits per heavy atom. The number of aromatic nitrogens is 4. The van der Waals surface area contributed by atoms with Crippen LogP contribution in [-0.2, 0) is 11.2 Å². The third kappa shape index (κ3) is 4.17. The van der Waals surface area contributed by atoms with Gasteiger partial charge in [-0.05, 0) is 36.1 Å². The van der Waals surface area contributed by atoms with Crippen molar-refractivity contribution in [3.8, 4) is 11.4 Å². The molecule has 0 bridgehead atoms. The average Bonchev–Trinajstić information content (AvgIpc) is 3.46. The van der Waals surface area contributed by atoms with Gasteiger partial charge in [-0.15, -0.1) is 10.2 Å². The smallest absolute Gasteiger partial charge is 0.192 e. The van der Waals surface area contributed by atoms with Crippen molar-refractivity contribution in [2.24, 2.45) is 0 Å². The van der Waals surface area contributed by atoms with Crippen LogP contribution in [0.1, 0.15) is 30.0 Å². The minimum atomic E-state index is 0.180. The molecule has 3 aromatic rings. The Kier molecular flexibility index (Phi) is 5.16. The predicted octanol–water partition coefficient (Wildman–Crippen LogP) is 4.22. The van der Waals surface area contributed by atoms with Crippen molar-refractivity contribution in [1.82, 2.24) is 19.7 Å². The van der Waals surface area contributed by atoms with Crippen molar-refractivity contribution in [2.75, 3.05) is 5.75 Å². The second-order valence-corrected chi connectivity index (χ2v) is 7.54. The van der Waals surface area contributed by atoms with E-state index >= 15 is 0 Å². The van der Waals surface area contributed by atoms with Gasteiger partial charge in [0.1, 0.15) is 5.78 Å². The number of hydrogen-bond acceptors (Lipinski definition) is 5. The van der Waals surface area contributed by atoms with Gasteiger partial charge in [-0.2, -0.15) is 0 Å². The van der Waals surface area contributed by atoms with E-state index in [1.165, 1.54) is 11.8 Å². The molecule has 136 valence electrons. The number of carbonyl (C=O) groups excluding carboxylic acids is 1. The largest absolute Gasteiger partial charge is 0.299 e. The maximum absolute atomic E-state index is 12.4. The zero-order valence-corrected chi connectivity index (χ0v) is 15.7. The van der Waals surface area contributed by atoms with Gasteiger partial charge in [0, 0.05) is 30.4 Å². The summed E-state index contributed by atoms with van der Waals surface area (Å²) in [4.78, 5) is 16.6. The van der Waals surface area contributed by atoms with Gasteiger partial charge in [-0.1, -0.05) is 48.7 Å². The highest BCUT2D eigenvalue weighted by Crippen LogP contribution is 2.40. The van der Waals surface area contributed by atoms with E-state index in [0.717, 1.165) is 40.5 Å². The molecule has 0 aliphatic heterocycles. The topological polar surface area (TPSA) is 60.7 Å². The molecule has 1 saturated carbocycles. The third-order valence-electron chi connectivity index (χ3n) is 4.48. The summed E-state index contributed by atoms with van der Waals surface area (Å²) in [5.41, 5.74) is 3.03. The van der Waals surface area contributed by atoms with E-state index in [1.54, 1.807) is 18.5 Å². The average molecular weight is 376 g/mol. The van der Waals surface area contributed by atoms with Crippen molar-refractivity contribution < 1.29 is 4.79 Å². The second kappa shape index (κ2) is 7.88. The fourth-order valence-electron chi connectivity index (χ4n) is 2.92. The summed E-state index contributed by atoms with van der Waals surface area (Å²) in [6.45, 7) is 3.75. The molecule has 0 amide bonds. The second-order valence-electron chi connectivity index (χ2n) is 6.60. The van der Waals surface area contributed by atoms with Crippen LogP contribution in [0.5, 0.6) is 0 Å². The number of hydrogen-bond donors (Lipinski definition) is 0. The Morgan fingerprint density at radius 2 is 2.04 bits per heavy atom. The summed E-state index contributed by atoms with van der Waals surface area (Å²) in [6.07, 6.45) is 8.03. The monoisotopic (exact) mass is 376 g/mol. The maximum atomic E-state index is 12.4. The molecule has 0 saturated heterocycles. The van der Waals surface area contributed by atoms with Crippen LogP contribution < -0.4 is 0 Å². The fourth-order valence-corrected chi connectivity index (χ4v) is 3.79. The van der Waals surface area contributed by atoms with Crippen molar-refractivity contribution in [3.05, 3.63) is 66.5 Å². The van der Waals surface area contributed by atoms with Crippen LogP contribution in [0.25, 0.3) is 17.5 Å². The SMILES string of the molecule is C=Cc1ccc(CC(=O)CSc2nnc(-c3cccnc3)n2C2CC2)cc1. The normalized spacial score (nSPS) is 13.5. The molecule has 1 aliphatic carbocycles. The predicted molar refractivity (Wildman–Crippen MR) is 107 cm³/mol. The van der Waals surface area contributed by atoms with Crippen LogP contribution in [0.4, 0.5) is 0 Å². The molecule has 0 spiro atoms. The number of ketones is 1. The van der Waals surface area contributed by atoms with Crippen molar-refractivity contribution in [3.63, 3.8) is 0 Å². The van der Waals surface area contributed by atoms with E-state index < -0.39 is 0 Å². The lowest BCUT2D eigenvalue weighted by Crippen LogP contribution is -2.07. The van der Waals surface area contributed by atoms with Gasteiger partial charge in [-0.25, -0.2) is 0 Å². The van der Waals surface area contributed by atoms with E-state index in [9.17, 15) is 4.79 Å². The molecular weight excluding hydrogens is 356 g/mol. The molecule has 0 atom stereocenters. The lowest BCUT2D eigenvalue weighted by Gasteiger charge is -2.08. The third-order valence-corrected chi connectivity index (χ3v) is 5.48. The van der Waals surface area contributed by atoms with Gasteiger partial charge in [0.05, 0.1) is 5.75 Å². The first-order valence-electron chi connectivity index (χ1n) is 8.96. The number of Topliss-reactive ketones (excluding diaryl/α,β-unsaturated/α-hetero) is 1. The number of nitrogens with zero attached hydrogens (tertiary/aromatic N) is 4. The quantitative estimate of drug-likeness (QED) is 0.551. The molecule has 2 heterocycles. The minimum absolute atomic E-state index is 0.180. The van der Waals surface area contributed by atoms with Gasteiger partial charge >= 0.3 is 0 Å². The minimum Gasteiger partial charge on any atom is -0.299 e. The number of rotatable bonds is 8. The number of benzene rings is 1. The molecule has 1 aliphatic rings. The fraction of sp³-hybridized carbons (Fsp3) is 0.238. The molecule has 5 nitrogen and oxygen atoms in total. The Morgan fingerprint density at radius 1 is 1.22 bits per heavy atom. The number of pyridine rings is 1. The highest BCUT2D eigenvalue weighted by Gasteiger charge is 2.30. The van der Waals surface area contributed by atoms with Crippen LogP contribution in [0.2, 0.25) is 0 Å². The van der Waals surface area contributed by atoms with E-state index in [4.69, 9.17) is 0 Å². The molecule has 0 N–H and O–H groups in total. The Labute approximate surface area is 162 Å². The summed E-state index contributed by atoms with van der Waals surface area (Å²) < 4.78 is 2.16. The van der Waals surface area contributed by atoms with Crippen molar-refractivity contribution in [2.45, 2.75) is 30.5 Å². The van der Waals surface area contributed by atoms with Gasteiger partial charge < -0.3 is 0 Å². The molecule has 1 fully saturated rings. The summed E-state index contributed by atoms with van der Waals surface area (Å²) >= 11 is 1.47. The highest BCUT2D eigenvalue weighted by atomic mass is 32.2. The lowest BCUT2D eigenvalue weighted by atomic mass is 10.1. The van der Waals surface area contributed by atoms with Crippen molar-refractivity contribution >= 4 is 23.6 Å². The van der Waals surface area contributed by atoms with Gasteiger partial charge in [0.25, 0.3) is 0 Å². The molecule has 0 unspecified atom stereocenters. The zero-order valence-electron chi connectivity index (χ0n) is 14.9. The van der Waals surface area contributed by atoms with Crippen LogP contribution in [0.3, 0.4) is 0 Å². The first-order chi connectivity index (χ1) is 13.2. The highest BCUT2D eigenvalue weighted by molar-refractivity contribution is 7.99. The molecule has 0 radical (unpaired) electrons. The molecule has 6 heteroatoms. The van der Waals surface area contributed by atoms with E-state index in [1.807, 2.05) is 36.4 Å². The summed E-state index contributed by atoms with van der Waals surface area (Å²) in [7, 11) is 0. The van der Waals surface area contributed by atoms with E-state index in [0.29, 0.717) is 18.2 Å². The molecule has 1 aromatic carbocycles. The zero-order chi connectivity index (χ0) is 18.6. The van der Waals surface area contributed by atoms with Gasteiger partial charge in [0.2, 0.25) is 0 Å². The van der Waals surface area contributed by atoms with Crippen LogP contribution in [0.15, 0.2) is 60.5 Å². The summed E-state index contributed by atoms with van der Waals surface area (Å²) in [6, 6.07) is 12.2.